The van der Waals surface area contributed by atoms with Crippen LogP contribution >= 0.6 is 27.7 Å². The van der Waals surface area contributed by atoms with Crippen LogP contribution in [0.15, 0.2) is 63.3 Å². The van der Waals surface area contributed by atoms with Crippen molar-refractivity contribution in [2.45, 2.75) is 17.8 Å². The van der Waals surface area contributed by atoms with Gasteiger partial charge in [0.1, 0.15) is 5.82 Å². The molecule has 0 aliphatic rings. The standard InChI is InChI=1S/C17H14BrFN4S/c1-12-21-22-17(24-11-14-2-6-15(18)7-3-14)23(12)20-10-13-4-8-16(19)9-5-13/h2-10H,11H2,1H3/b20-10+. The molecule has 0 aliphatic carbocycles. The van der Waals surface area contributed by atoms with Crippen LogP contribution in [0.3, 0.4) is 0 Å². The average Bonchev–Trinajstić information content (AvgIpc) is 2.94. The van der Waals surface area contributed by atoms with Gasteiger partial charge >= 0.3 is 0 Å². The van der Waals surface area contributed by atoms with Gasteiger partial charge in [0.05, 0.1) is 6.21 Å². The van der Waals surface area contributed by atoms with Crippen molar-refractivity contribution in [1.82, 2.24) is 14.9 Å². The first-order chi connectivity index (χ1) is 11.6. The number of hydrogen-bond acceptors (Lipinski definition) is 4. The molecule has 0 unspecified atom stereocenters. The molecule has 0 N–H and O–H groups in total. The summed E-state index contributed by atoms with van der Waals surface area (Å²) in [5, 5.41) is 13.4. The largest absolute Gasteiger partial charge is 0.212 e. The van der Waals surface area contributed by atoms with Crippen LogP contribution in [0.1, 0.15) is 17.0 Å². The minimum atomic E-state index is -0.265. The minimum Gasteiger partial charge on any atom is -0.207 e. The van der Waals surface area contributed by atoms with Gasteiger partial charge in [0.25, 0.3) is 0 Å². The Hall–Kier alpha value is -1.99. The highest BCUT2D eigenvalue weighted by molar-refractivity contribution is 9.10. The smallest absolute Gasteiger partial charge is 0.207 e. The van der Waals surface area contributed by atoms with Gasteiger partial charge in [-0.05, 0) is 42.3 Å². The molecule has 3 rings (SSSR count). The molecular formula is C17H14BrFN4S. The second kappa shape index (κ2) is 7.72. The van der Waals surface area contributed by atoms with Crippen molar-refractivity contribution >= 4 is 33.9 Å². The van der Waals surface area contributed by atoms with E-state index in [9.17, 15) is 4.39 Å². The summed E-state index contributed by atoms with van der Waals surface area (Å²) in [4.78, 5) is 0. The number of halogens is 2. The number of aryl methyl sites for hydroxylation is 1. The van der Waals surface area contributed by atoms with Crippen molar-refractivity contribution in [3.05, 3.63) is 75.8 Å². The molecule has 122 valence electrons. The van der Waals surface area contributed by atoms with Crippen molar-refractivity contribution < 1.29 is 4.39 Å². The monoisotopic (exact) mass is 404 g/mol. The van der Waals surface area contributed by atoms with Crippen molar-refractivity contribution in [3.8, 4) is 0 Å². The molecule has 0 saturated heterocycles. The summed E-state index contributed by atoms with van der Waals surface area (Å²) in [6.07, 6.45) is 1.67. The normalized spacial score (nSPS) is 11.3. The predicted molar refractivity (Wildman–Crippen MR) is 97.9 cm³/mol. The van der Waals surface area contributed by atoms with Gasteiger partial charge in [-0.15, -0.1) is 10.2 Å². The van der Waals surface area contributed by atoms with Crippen LogP contribution in [0.2, 0.25) is 0 Å². The second-order valence-corrected chi connectivity index (χ2v) is 6.91. The zero-order chi connectivity index (χ0) is 16.9. The minimum absolute atomic E-state index is 0.265. The van der Waals surface area contributed by atoms with E-state index in [0.717, 1.165) is 15.8 Å². The topological polar surface area (TPSA) is 43.1 Å². The average molecular weight is 405 g/mol. The first-order valence-corrected chi connectivity index (χ1v) is 8.99. The Balaban J connectivity index is 1.73. The van der Waals surface area contributed by atoms with Gasteiger partial charge in [0, 0.05) is 10.2 Å². The Labute approximate surface area is 151 Å². The second-order valence-electron chi connectivity index (χ2n) is 5.05. The summed E-state index contributed by atoms with van der Waals surface area (Å²) in [6, 6.07) is 14.3. The summed E-state index contributed by atoms with van der Waals surface area (Å²) in [5.74, 6) is 1.21. The third kappa shape index (κ3) is 4.30. The molecular weight excluding hydrogens is 391 g/mol. The Morgan fingerprint density at radius 3 is 2.54 bits per heavy atom. The van der Waals surface area contributed by atoms with Crippen LogP contribution in [0, 0.1) is 12.7 Å². The van der Waals surface area contributed by atoms with E-state index in [0.29, 0.717) is 11.0 Å². The summed E-state index contributed by atoms with van der Waals surface area (Å²) in [6.45, 7) is 1.85. The molecule has 24 heavy (non-hydrogen) atoms. The SMILES string of the molecule is Cc1nnc(SCc2ccc(Br)cc2)n1/N=C/c1ccc(F)cc1. The van der Waals surface area contributed by atoms with E-state index < -0.39 is 0 Å². The molecule has 0 aliphatic heterocycles. The van der Waals surface area contributed by atoms with Crippen molar-refractivity contribution in [1.29, 1.82) is 0 Å². The first-order valence-electron chi connectivity index (χ1n) is 7.21. The van der Waals surface area contributed by atoms with E-state index in [1.165, 1.54) is 17.7 Å². The van der Waals surface area contributed by atoms with Crippen molar-refractivity contribution in [2.75, 3.05) is 0 Å². The Morgan fingerprint density at radius 1 is 1.12 bits per heavy atom. The zero-order valence-corrected chi connectivity index (χ0v) is 15.3. The number of hydrogen-bond donors (Lipinski definition) is 0. The van der Waals surface area contributed by atoms with Gasteiger partial charge in [-0.1, -0.05) is 52.0 Å². The van der Waals surface area contributed by atoms with E-state index in [1.807, 2.05) is 19.1 Å². The van der Waals surface area contributed by atoms with E-state index in [-0.39, 0.29) is 5.82 Å². The van der Waals surface area contributed by atoms with Gasteiger partial charge < -0.3 is 0 Å². The maximum Gasteiger partial charge on any atom is 0.212 e. The molecule has 0 saturated carbocycles. The van der Waals surface area contributed by atoms with Crippen LogP contribution in [0.5, 0.6) is 0 Å². The van der Waals surface area contributed by atoms with Crippen LogP contribution < -0.4 is 0 Å². The molecule has 0 spiro atoms. The van der Waals surface area contributed by atoms with Gasteiger partial charge in [-0.2, -0.15) is 9.78 Å². The number of thioether (sulfide) groups is 1. The number of nitrogens with zero attached hydrogens (tertiary/aromatic N) is 4. The number of rotatable bonds is 5. The summed E-state index contributed by atoms with van der Waals surface area (Å²) in [7, 11) is 0. The van der Waals surface area contributed by atoms with E-state index in [1.54, 1.807) is 34.8 Å². The van der Waals surface area contributed by atoms with Crippen LogP contribution in [-0.4, -0.2) is 21.1 Å². The lowest BCUT2D eigenvalue weighted by molar-refractivity contribution is 0.628. The first kappa shape index (κ1) is 16.9. The van der Waals surface area contributed by atoms with E-state index in [2.05, 4.69) is 43.4 Å². The number of aromatic nitrogens is 3. The molecule has 0 bridgehead atoms. The molecule has 1 heterocycles. The highest BCUT2D eigenvalue weighted by Gasteiger charge is 2.08. The molecule has 2 aromatic carbocycles. The predicted octanol–water partition coefficient (Wildman–Crippen LogP) is 4.66. The fourth-order valence-electron chi connectivity index (χ4n) is 1.96. The number of benzene rings is 2. The fraction of sp³-hybridized carbons (Fsp3) is 0.118. The Kier molecular flexibility index (Phi) is 5.42. The highest BCUT2D eigenvalue weighted by Crippen LogP contribution is 2.22. The summed E-state index contributed by atoms with van der Waals surface area (Å²) in [5.41, 5.74) is 2.01. The molecule has 0 atom stereocenters. The van der Waals surface area contributed by atoms with E-state index in [4.69, 9.17) is 0 Å². The molecule has 7 heteroatoms. The maximum absolute atomic E-state index is 12.9. The van der Waals surface area contributed by atoms with Crippen molar-refractivity contribution in [3.63, 3.8) is 0 Å². The third-order valence-corrected chi connectivity index (χ3v) is 4.76. The lowest BCUT2D eigenvalue weighted by Crippen LogP contribution is -1.96. The summed E-state index contributed by atoms with van der Waals surface area (Å²) < 4.78 is 15.7. The van der Waals surface area contributed by atoms with Gasteiger partial charge in [0.2, 0.25) is 5.16 Å². The lowest BCUT2D eigenvalue weighted by Gasteiger charge is -2.03. The van der Waals surface area contributed by atoms with Crippen LogP contribution in [0.4, 0.5) is 4.39 Å². The Morgan fingerprint density at radius 2 is 1.83 bits per heavy atom. The van der Waals surface area contributed by atoms with Crippen LogP contribution in [0.25, 0.3) is 0 Å². The molecule has 4 nitrogen and oxygen atoms in total. The molecule has 0 radical (unpaired) electrons. The lowest BCUT2D eigenvalue weighted by atomic mass is 10.2. The molecule has 1 aromatic heterocycles. The van der Waals surface area contributed by atoms with E-state index >= 15 is 0 Å². The molecule has 0 amide bonds. The maximum atomic E-state index is 12.9. The summed E-state index contributed by atoms with van der Waals surface area (Å²) >= 11 is 4.99. The van der Waals surface area contributed by atoms with Gasteiger partial charge in [-0.3, -0.25) is 0 Å². The molecule has 3 aromatic rings. The van der Waals surface area contributed by atoms with Crippen LogP contribution in [-0.2, 0) is 5.75 Å². The van der Waals surface area contributed by atoms with Gasteiger partial charge in [-0.25, -0.2) is 4.39 Å². The zero-order valence-electron chi connectivity index (χ0n) is 12.9. The Bertz CT molecular complexity index is 844. The highest BCUT2D eigenvalue weighted by atomic mass is 79.9. The van der Waals surface area contributed by atoms with Gasteiger partial charge in [0.15, 0.2) is 5.82 Å². The molecule has 0 fully saturated rings. The fourth-order valence-corrected chi connectivity index (χ4v) is 3.12. The quantitative estimate of drug-likeness (QED) is 0.458. The van der Waals surface area contributed by atoms with Crippen molar-refractivity contribution in [2.24, 2.45) is 5.10 Å². The third-order valence-electron chi connectivity index (χ3n) is 3.24.